The molecule has 136 valence electrons. The number of carboxylic acids is 1. The van der Waals surface area contributed by atoms with Crippen LogP contribution in [-0.2, 0) is 19.1 Å². The van der Waals surface area contributed by atoms with Crippen molar-refractivity contribution >= 4 is 17.8 Å². The zero-order chi connectivity index (χ0) is 18.0. The van der Waals surface area contributed by atoms with Crippen LogP contribution in [0.3, 0.4) is 0 Å². The van der Waals surface area contributed by atoms with E-state index in [1.807, 2.05) is 0 Å². The normalized spacial score (nSPS) is 29.3. The molecule has 0 aliphatic carbocycles. The average molecular weight is 342 g/mol. The summed E-state index contributed by atoms with van der Waals surface area (Å²) < 4.78 is 5.93. The minimum absolute atomic E-state index is 0.00637. The predicted octanol–water partition coefficient (Wildman–Crippen LogP) is -0.112. The number of aliphatic carboxylic acids is 1. The van der Waals surface area contributed by atoms with Crippen LogP contribution >= 0.6 is 0 Å². The van der Waals surface area contributed by atoms with Gasteiger partial charge in [0.25, 0.3) is 0 Å². The van der Waals surface area contributed by atoms with Gasteiger partial charge in [-0.05, 0) is 26.2 Å². The van der Waals surface area contributed by atoms with E-state index < -0.39 is 23.2 Å². The summed E-state index contributed by atoms with van der Waals surface area (Å²) in [4.78, 5) is 35.6. The van der Waals surface area contributed by atoms with E-state index >= 15 is 0 Å². The van der Waals surface area contributed by atoms with Crippen LogP contribution in [0.2, 0.25) is 0 Å². The number of hydrogen-bond acceptors (Lipinski definition) is 5. The van der Waals surface area contributed by atoms with E-state index in [1.54, 1.807) is 11.8 Å². The van der Waals surface area contributed by atoms with Crippen LogP contribution in [0.4, 0.5) is 0 Å². The van der Waals surface area contributed by atoms with E-state index in [1.165, 1.54) is 6.92 Å². The molecule has 0 radical (unpaired) electrons. The van der Waals surface area contributed by atoms with Crippen molar-refractivity contribution in [1.29, 1.82) is 0 Å². The first-order valence-corrected chi connectivity index (χ1v) is 8.27. The Hall–Kier alpha value is -1.67. The molecule has 2 amide bonds. The molecular weight excluding hydrogens is 316 g/mol. The Labute approximate surface area is 141 Å². The van der Waals surface area contributed by atoms with Crippen molar-refractivity contribution in [3.63, 3.8) is 0 Å². The maximum absolute atomic E-state index is 12.0. The summed E-state index contributed by atoms with van der Waals surface area (Å²) >= 11 is 0. The molecular formula is C16H26N2O6. The zero-order valence-corrected chi connectivity index (χ0v) is 14.2. The Morgan fingerprint density at radius 3 is 2.42 bits per heavy atom. The molecule has 2 atom stereocenters. The largest absolute Gasteiger partial charge is 0.481 e. The summed E-state index contributed by atoms with van der Waals surface area (Å²) in [6, 6.07) is -0.391. The minimum Gasteiger partial charge on any atom is -0.481 e. The molecule has 2 aliphatic rings. The molecule has 0 unspecified atom stereocenters. The number of likely N-dealkylation sites (tertiary alicyclic amines) is 1. The number of hydrogen-bond donors (Lipinski definition) is 3. The highest BCUT2D eigenvalue weighted by molar-refractivity contribution is 5.80. The monoisotopic (exact) mass is 342 g/mol. The van der Waals surface area contributed by atoms with Gasteiger partial charge < -0.3 is 25.2 Å². The number of rotatable bonds is 4. The minimum atomic E-state index is -1.12. The lowest BCUT2D eigenvalue weighted by molar-refractivity contribution is -0.194. The first-order chi connectivity index (χ1) is 11.1. The summed E-state index contributed by atoms with van der Waals surface area (Å²) in [5.74, 6) is -1.33. The third kappa shape index (κ3) is 4.45. The SMILES string of the molecule is CC(=O)N[C@H]1CC2(CCN(C(=O)CCC(=O)O)CC2)OC[C@]1(C)O. The topological polar surface area (TPSA) is 116 Å². The van der Waals surface area contributed by atoms with Crippen molar-refractivity contribution in [3.8, 4) is 0 Å². The van der Waals surface area contributed by atoms with Crippen molar-refractivity contribution < 1.29 is 29.3 Å². The van der Waals surface area contributed by atoms with Gasteiger partial charge in [-0.2, -0.15) is 0 Å². The molecule has 24 heavy (non-hydrogen) atoms. The second-order valence-electron chi connectivity index (χ2n) is 7.06. The molecule has 1 spiro atoms. The summed E-state index contributed by atoms with van der Waals surface area (Å²) in [6.07, 6.45) is 1.56. The van der Waals surface area contributed by atoms with Crippen molar-refractivity contribution in [1.82, 2.24) is 10.2 Å². The van der Waals surface area contributed by atoms with E-state index in [9.17, 15) is 19.5 Å². The number of carbonyl (C=O) groups excluding carboxylic acids is 2. The molecule has 0 aromatic heterocycles. The van der Waals surface area contributed by atoms with Crippen LogP contribution in [0.15, 0.2) is 0 Å². The highest BCUT2D eigenvalue weighted by Crippen LogP contribution is 2.38. The van der Waals surface area contributed by atoms with Crippen molar-refractivity contribution in [2.75, 3.05) is 19.7 Å². The van der Waals surface area contributed by atoms with Crippen LogP contribution in [-0.4, -0.2) is 69.8 Å². The van der Waals surface area contributed by atoms with Crippen LogP contribution in [0, 0.1) is 0 Å². The fourth-order valence-electron chi connectivity index (χ4n) is 3.39. The van der Waals surface area contributed by atoms with Gasteiger partial charge >= 0.3 is 5.97 Å². The molecule has 8 nitrogen and oxygen atoms in total. The molecule has 0 aromatic rings. The fraction of sp³-hybridized carbons (Fsp3) is 0.812. The molecule has 2 fully saturated rings. The van der Waals surface area contributed by atoms with E-state index in [4.69, 9.17) is 9.84 Å². The number of amides is 2. The first-order valence-electron chi connectivity index (χ1n) is 8.27. The molecule has 2 rings (SSSR count). The van der Waals surface area contributed by atoms with Crippen molar-refractivity contribution in [2.24, 2.45) is 0 Å². The number of piperidine rings is 1. The van der Waals surface area contributed by atoms with Gasteiger partial charge in [-0.25, -0.2) is 0 Å². The maximum Gasteiger partial charge on any atom is 0.303 e. The van der Waals surface area contributed by atoms with Gasteiger partial charge in [0.15, 0.2) is 0 Å². The Balaban J connectivity index is 1.93. The van der Waals surface area contributed by atoms with Gasteiger partial charge in [0.05, 0.1) is 24.7 Å². The van der Waals surface area contributed by atoms with Crippen LogP contribution in [0.1, 0.15) is 46.0 Å². The zero-order valence-electron chi connectivity index (χ0n) is 14.2. The van der Waals surface area contributed by atoms with Gasteiger partial charge in [-0.15, -0.1) is 0 Å². The number of aliphatic hydroxyl groups is 1. The smallest absolute Gasteiger partial charge is 0.303 e. The highest BCUT2D eigenvalue weighted by atomic mass is 16.5. The lowest BCUT2D eigenvalue weighted by Crippen LogP contribution is -2.63. The van der Waals surface area contributed by atoms with Crippen LogP contribution < -0.4 is 5.32 Å². The van der Waals surface area contributed by atoms with Gasteiger partial charge in [-0.3, -0.25) is 14.4 Å². The number of carbonyl (C=O) groups is 3. The molecule has 0 aromatic carbocycles. The first kappa shape index (κ1) is 18.7. The summed E-state index contributed by atoms with van der Waals surface area (Å²) in [6.45, 7) is 4.18. The van der Waals surface area contributed by atoms with Crippen molar-refractivity contribution in [2.45, 2.75) is 63.2 Å². The van der Waals surface area contributed by atoms with Crippen LogP contribution in [0.5, 0.6) is 0 Å². The van der Waals surface area contributed by atoms with E-state index in [-0.39, 0.29) is 31.3 Å². The predicted molar refractivity (Wildman–Crippen MR) is 84.2 cm³/mol. The maximum atomic E-state index is 12.0. The molecule has 0 saturated carbocycles. The number of nitrogens with zero attached hydrogens (tertiary/aromatic N) is 1. The van der Waals surface area contributed by atoms with Gasteiger partial charge in [-0.1, -0.05) is 0 Å². The fourth-order valence-corrected chi connectivity index (χ4v) is 3.39. The molecule has 0 bridgehead atoms. The molecule has 2 heterocycles. The number of nitrogens with one attached hydrogen (secondary N) is 1. The number of ether oxygens (including phenoxy) is 1. The lowest BCUT2D eigenvalue weighted by atomic mass is 9.77. The van der Waals surface area contributed by atoms with Crippen molar-refractivity contribution in [3.05, 3.63) is 0 Å². The molecule has 8 heteroatoms. The number of carboxylic acid groups (broad SMARTS) is 1. The standard InChI is InChI=1S/C16H26N2O6/c1-11(19)17-12-9-16(24-10-15(12,2)23)5-7-18(8-6-16)13(20)3-4-14(21)22/h12,23H,3-10H2,1-2H3,(H,17,19)(H,21,22)/t12-,15-/m0/s1. The Kier molecular flexibility index (Phi) is 5.49. The Morgan fingerprint density at radius 1 is 1.25 bits per heavy atom. The average Bonchev–Trinajstić information content (AvgIpc) is 2.49. The molecule has 3 N–H and O–H groups in total. The quantitative estimate of drug-likeness (QED) is 0.656. The van der Waals surface area contributed by atoms with Crippen LogP contribution in [0.25, 0.3) is 0 Å². The summed E-state index contributed by atoms with van der Waals surface area (Å²) in [5, 5.41) is 21.9. The summed E-state index contributed by atoms with van der Waals surface area (Å²) in [5.41, 5.74) is -1.58. The third-order valence-corrected chi connectivity index (χ3v) is 4.96. The van der Waals surface area contributed by atoms with E-state index in [0.717, 1.165) is 0 Å². The van der Waals surface area contributed by atoms with Gasteiger partial charge in [0.1, 0.15) is 5.60 Å². The molecule has 2 saturated heterocycles. The van der Waals surface area contributed by atoms with Gasteiger partial charge in [0.2, 0.25) is 11.8 Å². The Bertz CT molecular complexity index is 511. The van der Waals surface area contributed by atoms with E-state index in [2.05, 4.69) is 5.32 Å². The third-order valence-electron chi connectivity index (χ3n) is 4.96. The Morgan fingerprint density at radius 2 is 1.88 bits per heavy atom. The second-order valence-corrected chi connectivity index (χ2v) is 7.06. The highest BCUT2D eigenvalue weighted by Gasteiger charge is 2.48. The second kappa shape index (κ2) is 7.06. The van der Waals surface area contributed by atoms with E-state index in [0.29, 0.717) is 32.4 Å². The lowest BCUT2D eigenvalue weighted by Gasteiger charge is -2.50. The van der Waals surface area contributed by atoms with Gasteiger partial charge in [0, 0.05) is 26.4 Å². The summed E-state index contributed by atoms with van der Waals surface area (Å²) in [7, 11) is 0. The molecule has 2 aliphatic heterocycles.